The second-order valence-electron chi connectivity index (χ2n) is 7.59. The first-order valence-corrected chi connectivity index (χ1v) is 10.5. The number of likely N-dealkylation sites (tertiary alicyclic amines) is 1. The van der Waals surface area contributed by atoms with Gasteiger partial charge in [0.25, 0.3) is 0 Å². The number of piperidine rings is 1. The van der Waals surface area contributed by atoms with Crippen LogP contribution in [0.3, 0.4) is 0 Å². The fraction of sp³-hybridized carbons (Fsp3) is 0.435. The molecule has 1 atom stereocenters. The van der Waals surface area contributed by atoms with Crippen LogP contribution in [0.5, 0.6) is 11.5 Å². The van der Waals surface area contributed by atoms with Gasteiger partial charge in [-0.1, -0.05) is 17.7 Å². The summed E-state index contributed by atoms with van der Waals surface area (Å²) in [5.41, 5.74) is 1.39. The summed E-state index contributed by atoms with van der Waals surface area (Å²) in [6, 6.07) is 10.1. The van der Waals surface area contributed by atoms with Gasteiger partial charge < -0.3 is 14.8 Å². The van der Waals surface area contributed by atoms with Gasteiger partial charge in [-0.05, 0) is 63.2 Å². The Morgan fingerprint density at radius 2 is 1.97 bits per heavy atom. The molecule has 1 fully saturated rings. The van der Waals surface area contributed by atoms with Crippen LogP contribution in [0.1, 0.15) is 36.9 Å². The first-order chi connectivity index (χ1) is 14.4. The zero-order valence-corrected chi connectivity index (χ0v) is 18.3. The zero-order valence-electron chi connectivity index (χ0n) is 17.6. The monoisotopic (exact) mass is 434 g/mol. The van der Waals surface area contributed by atoms with Gasteiger partial charge in [-0.25, -0.2) is 4.39 Å². The summed E-state index contributed by atoms with van der Waals surface area (Å²) in [5, 5.41) is 3.54. The topological polar surface area (TPSA) is 50.8 Å². The molecule has 1 aliphatic rings. The molecule has 2 aromatic rings. The van der Waals surface area contributed by atoms with E-state index in [2.05, 4.69) is 10.2 Å². The van der Waals surface area contributed by atoms with Gasteiger partial charge in [0.2, 0.25) is 5.91 Å². The number of rotatable bonds is 7. The van der Waals surface area contributed by atoms with Crippen LogP contribution in [0, 0.1) is 11.7 Å². The van der Waals surface area contributed by atoms with E-state index in [9.17, 15) is 9.18 Å². The highest BCUT2D eigenvalue weighted by molar-refractivity contribution is 6.31. The maximum atomic E-state index is 14.0. The lowest BCUT2D eigenvalue weighted by molar-refractivity contribution is -0.127. The SMILES string of the molecule is COc1ccc(OC)c([C@@H](C)NC(=O)C2CCN(Cc3c(F)cccc3Cl)CC2)c1. The van der Waals surface area contributed by atoms with Crippen LogP contribution >= 0.6 is 11.6 Å². The molecule has 162 valence electrons. The largest absolute Gasteiger partial charge is 0.497 e. The number of halogens is 2. The number of hydrogen-bond donors (Lipinski definition) is 1. The quantitative estimate of drug-likeness (QED) is 0.692. The Hall–Kier alpha value is -2.31. The van der Waals surface area contributed by atoms with Gasteiger partial charge in [-0.3, -0.25) is 9.69 Å². The van der Waals surface area contributed by atoms with Crippen LogP contribution < -0.4 is 14.8 Å². The van der Waals surface area contributed by atoms with E-state index >= 15 is 0 Å². The zero-order chi connectivity index (χ0) is 21.7. The number of nitrogens with zero attached hydrogens (tertiary/aromatic N) is 1. The standard InChI is InChI=1S/C23H28ClFN2O3/c1-15(18-13-17(29-2)7-8-22(18)30-3)26-23(28)16-9-11-27(12-10-16)14-19-20(24)5-4-6-21(19)25/h4-8,13,15-16H,9-12,14H2,1-3H3,(H,26,28)/t15-/m1/s1. The van der Waals surface area contributed by atoms with Crippen LogP contribution in [0.4, 0.5) is 4.39 Å². The van der Waals surface area contributed by atoms with Crippen molar-refractivity contribution < 1.29 is 18.7 Å². The second-order valence-corrected chi connectivity index (χ2v) is 8.00. The molecule has 0 radical (unpaired) electrons. The highest BCUT2D eigenvalue weighted by Gasteiger charge is 2.27. The lowest BCUT2D eigenvalue weighted by atomic mass is 9.94. The lowest BCUT2D eigenvalue weighted by Gasteiger charge is -2.32. The molecule has 1 aliphatic heterocycles. The van der Waals surface area contributed by atoms with Gasteiger partial charge in [-0.15, -0.1) is 0 Å². The van der Waals surface area contributed by atoms with E-state index in [0.29, 0.717) is 28.6 Å². The predicted octanol–water partition coefficient (Wildman–Crippen LogP) is 4.59. The van der Waals surface area contributed by atoms with E-state index in [-0.39, 0.29) is 23.7 Å². The van der Waals surface area contributed by atoms with Crippen molar-refractivity contribution in [2.75, 3.05) is 27.3 Å². The van der Waals surface area contributed by atoms with Crippen molar-refractivity contribution in [2.45, 2.75) is 32.4 Å². The van der Waals surface area contributed by atoms with Gasteiger partial charge in [0.1, 0.15) is 17.3 Å². The lowest BCUT2D eigenvalue weighted by Crippen LogP contribution is -2.41. The van der Waals surface area contributed by atoms with Gasteiger partial charge in [0.15, 0.2) is 0 Å². The summed E-state index contributed by atoms with van der Waals surface area (Å²) < 4.78 is 24.8. The minimum atomic E-state index is -0.288. The van der Waals surface area contributed by atoms with E-state index in [4.69, 9.17) is 21.1 Å². The molecule has 0 bridgehead atoms. The summed E-state index contributed by atoms with van der Waals surface area (Å²) in [4.78, 5) is 15.0. The summed E-state index contributed by atoms with van der Waals surface area (Å²) in [7, 11) is 3.22. The number of carbonyl (C=O) groups is 1. The highest BCUT2D eigenvalue weighted by atomic mass is 35.5. The third-order valence-corrected chi connectivity index (χ3v) is 6.02. The molecule has 0 spiro atoms. The van der Waals surface area contributed by atoms with Crippen molar-refractivity contribution in [3.8, 4) is 11.5 Å². The molecule has 1 saturated heterocycles. The smallest absolute Gasteiger partial charge is 0.223 e. The van der Waals surface area contributed by atoms with Crippen molar-refractivity contribution in [2.24, 2.45) is 5.92 Å². The maximum Gasteiger partial charge on any atom is 0.223 e. The van der Waals surface area contributed by atoms with E-state index in [0.717, 1.165) is 31.5 Å². The first-order valence-electron chi connectivity index (χ1n) is 10.1. The van der Waals surface area contributed by atoms with Crippen molar-refractivity contribution in [1.82, 2.24) is 10.2 Å². The number of carbonyl (C=O) groups excluding carboxylic acids is 1. The molecule has 1 N–H and O–H groups in total. The number of benzene rings is 2. The molecule has 2 aromatic carbocycles. The number of amides is 1. The third-order valence-electron chi connectivity index (χ3n) is 5.66. The van der Waals surface area contributed by atoms with E-state index in [1.165, 1.54) is 6.07 Å². The number of methoxy groups -OCH3 is 2. The van der Waals surface area contributed by atoms with Gasteiger partial charge >= 0.3 is 0 Å². The van der Waals surface area contributed by atoms with Crippen LogP contribution in [-0.2, 0) is 11.3 Å². The Labute approximate surface area is 182 Å². The molecule has 1 heterocycles. The van der Waals surface area contributed by atoms with Crippen molar-refractivity contribution >= 4 is 17.5 Å². The van der Waals surface area contributed by atoms with E-state index in [1.807, 2.05) is 25.1 Å². The van der Waals surface area contributed by atoms with Crippen LogP contribution in [0.2, 0.25) is 5.02 Å². The van der Waals surface area contributed by atoms with Crippen LogP contribution in [0.15, 0.2) is 36.4 Å². The molecule has 7 heteroatoms. The van der Waals surface area contributed by atoms with Crippen molar-refractivity contribution in [3.05, 3.63) is 58.4 Å². The van der Waals surface area contributed by atoms with Gasteiger partial charge in [0.05, 0.1) is 20.3 Å². The third kappa shape index (κ3) is 5.24. The molecule has 3 rings (SSSR count). The molecule has 1 amide bonds. The molecule has 30 heavy (non-hydrogen) atoms. The molecular weight excluding hydrogens is 407 g/mol. The Morgan fingerprint density at radius 1 is 1.23 bits per heavy atom. The van der Waals surface area contributed by atoms with Crippen molar-refractivity contribution in [1.29, 1.82) is 0 Å². The Morgan fingerprint density at radius 3 is 2.60 bits per heavy atom. The Bertz CT molecular complexity index is 864. The fourth-order valence-electron chi connectivity index (χ4n) is 3.85. The predicted molar refractivity (Wildman–Crippen MR) is 116 cm³/mol. The van der Waals surface area contributed by atoms with E-state index in [1.54, 1.807) is 26.4 Å². The summed E-state index contributed by atoms with van der Waals surface area (Å²) >= 11 is 6.14. The van der Waals surface area contributed by atoms with Gasteiger partial charge in [-0.2, -0.15) is 0 Å². The summed E-state index contributed by atoms with van der Waals surface area (Å²) in [6.07, 6.45) is 1.44. The summed E-state index contributed by atoms with van der Waals surface area (Å²) in [5.74, 6) is 1.09. The Balaban J connectivity index is 1.57. The molecule has 0 aliphatic carbocycles. The number of ether oxygens (including phenoxy) is 2. The minimum Gasteiger partial charge on any atom is -0.497 e. The van der Waals surface area contributed by atoms with E-state index < -0.39 is 0 Å². The molecule has 0 aromatic heterocycles. The molecular formula is C23H28ClFN2O3. The average molecular weight is 435 g/mol. The average Bonchev–Trinajstić information content (AvgIpc) is 2.76. The fourth-order valence-corrected chi connectivity index (χ4v) is 4.07. The Kier molecular flexibility index (Phi) is 7.56. The van der Waals surface area contributed by atoms with Crippen molar-refractivity contribution in [3.63, 3.8) is 0 Å². The number of hydrogen-bond acceptors (Lipinski definition) is 4. The summed E-state index contributed by atoms with van der Waals surface area (Å²) in [6.45, 7) is 3.83. The maximum absolute atomic E-state index is 14.0. The highest BCUT2D eigenvalue weighted by Crippen LogP contribution is 2.30. The molecule has 0 unspecified atom stereocenters. The minimum absolute atomic E-state index is 0.0240. The first kappa shape index (κ1) is 22.4. The number of nitrogens with one attached hydrogen (secondary N) is 1. The van der Waals surface area contributed by atoms with Gasteiger partial charge in [0, 0.05) is 28.6 Å². The van der Waals surface area contributed by atoms with Crippen LogP contribution in [-0.4, -0.2) is 38.1 Å². The molecule has 5 nitrogen and oxygen atoms in total. The molecule has 0 saturated carbocycles. The second kappa shape index (κ2) is 10.1. The normalized spacial score (nSPS) is 16.2. The van der Waals surface area contributed by atoms with Crippen LogP contribution in [0.25, 0.3) is 0 Å².